The van der Waals surface area contributed by atoms with E-state index < -0.39 is 22.0 Å². The van der Waals surface area contributed by atoms with Crippen LogP contribution in [0.1, 0.15) is 42.6 Å². The van der Waals surface area contributed by atoms with Crippen LogP contribution in [-0.4, -0.2) is 33.2 Å². The van der Waals surface area contributed by atoms with Crippen LogP contribution < -0.4 is 21.1 Å². The second kappa shape index (κ2) is 7.50. The Kier molecular flexibility index (Phi) is 5.77. The minimum Gasteiger partial charge on any atom is -0.365 e. The summed E-state index contributed by atoms with van der Waals surface area (Å²) in [4.78, 5) is 23.7. The summed E-state index contributed by atoms with van der Waals surface area (Å²) in [6.07, 6.45) is 0. The quantitative estimate of drug-likeness (QED) is 0.596. The van der Waals surface area contributed by atoms with Gasteiger partial charge in [-0.05, 0) is 30.5 Å². The van der Waals surface area contributed by atoms with Gasteiger partial charge in [0.25, 0.3) is 5.91 Å². The Morgan fingerprint density at radius 1 is 1.27 bits per heavy atom. The zero-order valence-corrected chi connectivity index (χ0v) is 16.6. The largest absolute Gasteiger partial charge is 0.365 e. The number of primary amides is 1. The molecule has 1 aromatic carbocycles. The van der Waals surface area contributed by atoms with E-state index in [-0.39, 0.29) is 17.2 Å². The smallest absolute Gasteiger partial charge is 0.319 e. The molecule has 0 radical (unpaired) electrons. The number of thiophene rings is 1. The molecule has 5 N–H and O–H groups in total. The van der Waals surface area contributed by atoms with Crippen LogP contribution in [0.4, 0.5) is 15.5 Å². The van der Waals surface area contributed by atoms with Crippen LogP contribution in [0.5, 0.6) is 0 Å². The summed E-state index contributed by atoms with van der Waals surface area (Å²) in [6.45, 7) is 5.46. The molecule has 0 fully saturated rings. The molecule has 0 saturated carbocycles. The van der Waals surface area contributed by atoms with Gasteiger partial charge >= 0.3 is 6.03 Å². The average molecular weight is 399 g/mol. The molecule has 8 nitrogen and oxygen atoms in total. The number of hydrogen-bond acceptors (Lipinski definition) is 5. The molecule has 0 aliphatic heterocycles. The van der Waals surface area contributed by atoms with Gasteiger partial charge in [0, 0.05) is 22.8 Å². The van der Waals surface area contributed by atoms with Gasteiger partial charge in [-0.25, -0.2) is 13.2 Å². The van der Waals surface area contributed by atoms with Crippen molar-refractivity contribution >= 4 is 54.1 Å². The van der Waals surface area contributed by atoms with Gasteiger partial charge in [0.05, 0.1) is 11.3 Å². The molecule has 2 rings (SSSR count). The van der Waals surface area contributed by atoms with Gasteiger partial charge in [-0.15, -0.1) is 11.3 Å². The number of fused-ring (bicyclic) bond motifs is 1. The summed E-state index contributed by atoms with van der Waals surface area (Å²) in [7, 11) is -2.01. The Labute approximate surface area is 156 Å². The van der Waals surface area contributed by atoms with Gasteiger partial charge < -0.3 is 11.1 Å². The first-order valence-corrected chi connectivity index (χ1v) is 10.5. The Morgan fingerprint density at radius 3 is 2.42 bits per heavy atom. The number of benzene rings is 1. The van der Waals surface area contributed by atoms with Crippen LogP contribution in [0, 0.1) is 0 Å². The third-order valence-corrected chi connectivity index (χ3v) is 6.27. The number of nitrogens with two attached hydrogens (primary N) is 1. The predicted molar refractivity (Wildman–Crippen MR) is 106 cm³/mol. The monoisotopic (exact) mass is 398 g/mol. The van der Waals surface area contributed by atoms with Crippen LogP contribution in [-0.2, 0) is 10.0 Å². The van der Waals surface area contributed by atoms with Crippen LogP contribution >= 0.6 is 11.3 Å². The van der Waals surface area contributed by atoms with Crippen molar-refractivity contribution in [2.75, 3.05) is 22.8 Å². The van der Waals surface area contributed by atoms with E-state index in [0.29, 0.717) is 16.1 Å². The summed E-state index contributed by atoms with van der Waals surface area (Å²) >= 11 is 1.23. The van der Waals surface area contributed by atoms with E-state index in [1.807, 2.05) is 13.8 Å². The molecule has 26 heavy (non-hydrogen) atoms. The van der Waals surface area contributed by atoms with Crippen molar-refractivity contribution in [3.63, 3.8) is 0 Å². The molecule has 0 aliphatic rings. The zero-order chi connectivity index (χ0) is 19.6. The van der Waals surface area contributed by atoms with E-state index in [1.54, 1.807) is 12.1 Å². The summed E-state index contributed by atoms with van der Waals surface area (Å²) in [5.74, 6) is -0.707. The number of urea groups is 1. The van der Waals surface area contributed by atoms with Crippen LogP contribution in [0.2, 0.25) is 0 Å². The maximum Gasteiger partial charge on any atom is 0.319 e. The molecular weight excluding hydrogens is 376 g/mol. The first-order valence-electron chi connectivity index (χ1n) is 7.99. The molecule has 0 atom stereocenters. The van der Waals surface area contributed by atoms with Crippen molar-refractivity contribution in [1.29, 1.82) is 0 Å². The molecule has 1 heterocycles. The number of nitrogens with one attached hydrogen (secondary N) is 3. The lowest BCUT2D eigenvalue weighted by atomic mass is 9.99. The molecule has 0 aliphatic carbocycles. The number of rotatable bonds is 6. The number of carbonyl (C=O) groups excluding carboxylic acids is 2. The second-order valence-corrected chi connectivity index (χ2v) is 9.01. The summed E-state index contributed by atoms with van der Waals surface area (Å²) in [6, 6.07) is 2.84. The number of amides is 3. The van der Waals surface area contributed by atoms with Crippen LogP contribution in [0.15, 0.2) is 12.1 Å². The summed E-state index contributed by atoms with van der Waals surface area (Å²) in [5.41, 5.74) is 6.90. The van der Waals surface area contributed by atoms with Gasteiger partial charge in [-0.2, -0.15) is 0 Å². The highest BCUT2D eigenvalue weighted by Crippen LogP contribution is 2.41. The highest BCUT2D eigenvalue weighted by molar-refractivity contribution is 7.92. The van der Waals surface area contributed by atoms with Gasteiger partial charge in [-0.3, -0.25) is 14.8 Å². The molecule has 0 bridgehead atoms. The Bertz CT molecular complexity index is 964. The molecule has 142 valence electrons. The van der Waals surface area contributed by atoms with E-state index in [2.05, 4.69) is 15.4 Å². The first-order chi connectivity index (χ1) is 12.1. The Balaban J connectivity index is 2.76. The third-order valence-electron chi connectivity index (χ3n) is 3.79. The minimum absolute atomic E-state index is 0.0656. The molecule has 10 heteroatoms. The molecule has 3 amide bonds. The third kappa shape index (κ3) is 4.07. The lowest BCUT2D eigenvalue weighted by molar-refractivity contribution is 0.100. The van der Waals surface area contributed by atoms with Crippen molar-refractivity contribution in [1.82, 2.24) is 5.32 Å². The van der Waals surface area contributed by atoms with E-state index in [4.69, 9.17) is 5.73 Å². The highest BCUT2D eigenvalue weighted by Gasteiger charge is 2.22. The normalized spacial score (nSPS) is 11.6. The maximum atomic E-state index is 12.0. The van der Waals surface area contributed by atoms with Crippen molar-refractivity contribution in [3.05, 3.63) is 23.3 Å². The highest BCUT2D eigenvalue weighted by atomic mass is 32.2. The summed E-state index contributed by atoms with van der Waals surface area (Å²) in [5, 5.41) is 5.86. The molecule has 0 saturated heterocycles. The molecule has 1 aromatic heterocycles. The Hall–Kier alpha value is -2.33. The molecular formula is C16H22N4O4S2. The van der Waals surface area contributed by atoms with E-state index >= 15 is 0 Å². The van der Waals surface area contributed by atoms with Crippen molar-refractivity contribution in [2.45, 2.75) is 26.7 Å². The summed E-state index contributed by atoms with van der Waals surface area (Å²) < 4.78 is 27.1. The van der Waals surface area contributed by atoms with Crippen LogP contribution in [0.3, 0.4) is 0 Å². The molecule has 0 spiro atoms. The topological polar surface area (TPSA) is 130 Å². The molecule has 0 unspecified atom stereocenters. The fourth-order valence-corrected chi connectivity index (χ4v) is 4.43. The number of anilines is 2. The van der Waals surface area contributed by atoms with Crippen LogP contribution in [0.25, 0.3) is 10.1 Å². The fourth-order valence-electron chi connectivity index (χ4n) is 2.46. The van der Waals surface area contributed by atoms with Gasteiger partial charge in [-0.1, -0.05) is 13.8 Å². The lowest BCUT2D eigenvalue weighted by Crippen LogP contribution is -2.25. The van der Waals surface area contributed by atoms with Gasteiger partial charge in [0.1, 0.15) is 5.00 Å². The van der Waals surface area contributed by atoms with Crippen molar-refractivity contribution < 1.29 is 18.0 Å². The SMILES string of the molecule is CCS(=O)(=O)Nc1cc(C(C)C)c2sc(NC(=O)NC)c(C(N)=O)c2c1. The standard InChI is InChI=1S/C16H22N4O4S2/c1-5-26(23,24)20-9-6-10(8(2)3)13-11(7-9)12(14(17)21)15(25-13)19-16(22)18-4/h6-8,20H,5H2,1-4H3,(H2,17,21)(H2,18,19,22). The Morgan fingerprint density at radius 2 is 1.92 bits per heavy atom. The van der Waals surface area contributed by atoms with Gasteiger partial charge in [0.2, 0.25) is 10.0 Å². The van der Waals surface area contributed by atoms with E-state index in [0.717, 1.165) is 10.3 Å². The lowest BCUT2D eigenvalue weighted by Gasteiger charge is -2.12. The van der Waals surface area contributed by atoms with E-state index in [9.17, 15) is 18.0 Å². The first kappa shape index (κ1) is 20.0. The fraction of sp³-hybridized carbons (Fsp3) is 0.375. The number of sulfonamides is 1. The predicted octanol–water partition coefficient (Wildman–Crippen LogP) is 2.64. The van der Waals surface area contributed by atoms with Crippen molar-refractivity contribution in [2.24, 2.45) is 5.73 Å². The zero-order valence-electron chi connectivity index (χ0n) is 15.0. The average Bonchev–Trinajstić information content (AvgIpc) is 2.91. The number of hydrogen-bond donors (Lipinski definition) is 4. The maximum absolute atomic E-state index is 12.0. The van der Waals surface area contributed by atoms with Crippen molar-refractivity contribution in [3.8, 4) is 0 Å². The second-order valence-electron chi connectivity index (χ2n) is 5.98. The van der Waals surface area contributed by atoms with E-state index in [1.165, 1.54) is 25.3 Å². The molecule has 2 aromatic rings. The minimum atomic E-state index is -3.48. The number of carbonyl (C=O) groups is 2. The van der Waals surface area contributed by atoms with Gasteiger partial charge in [0.15, 0.2) is 0 Å².